The topological polar surface area (TPSA) is 23.1 Å². The molecule has 0 saturated heterocycles. The molecule has 0 N–H and O–H groups in total. The Kier molecular flexibility index (Phi) is 9.85. The smallest absolute Gasteiger partial charge is 0.0135 e. The van der Waals surface area contributed by atoms with E-state index >= 15 is 0 Å². The number of rotatable bonds is 4. The van der Waals surface area contributed by atoms with Gasteiger partial charge in [0.15, 0.2) is 0 Å². The van der Waals surface area contributed by atoms with E-state index in [2.05, 4.69) is 75.3 Å². The Hall–Kier alpha value is -0.448. The van der Waals surface area contributed by atoms with Gasteiger partial charge >= 0.3 is 65.3 Å². The largest absolute Gasteiger partial charge is 0.872 e. The van der Waals surface area contributed by atoms with E-state index < -0.39 is 0 Å². The summed E-state index contributed by atoms with van der Waals surface area (Å²) in [5, 5.41) is 15.5. The first kappa shape index (κ1) is 24.6. The number of aryl methyl sites for hydroxylation is 1. The molecule has 25 heavy (non-hydrogen) atoms. The Labute approximate surface area is 164 Å². The van der Waals surface area contributed by atoms with Crippen LogP contribution in [-0.4, -0.2) is 15.2 Å². The van der Waals surface area contributed by atoms with Gasteiger partial charge in [-0.15, -0.1) is 5.75 Å². The van der Waals surface area contributed by atoms with E-state index in [1.807, 2.05) is 13.0 Å². The summed E-state index contributed by atoms with van der Waals surface area (Å²) in [4.78, 5) is 0. The maximum Gasteiger partial charge on any atom is -0.0135 e. The van der Waals surface area contributed by atoms with Gasteiger partial charge in [0.25, 0.3) is 0 Å². The average Bonchev–Trinajstić information content (AvgIpc) is 2.34. The number of benzene rings is 1. The summed E-state index contributed by atoms with van der Waals surface area (Å²) in [7, 11) is 0. The van der Waals surface area contributed by atoms with Crippen LogP contribution in [0.2, 0.25) is 10.6 Å². The van der Waals surface area contributed by atoms with E-state index in [9.17, 15) is 5.11 Å². The van der Waals surface area contributed by atoms with Crippen LogP contribution in [0.15, 0.2) is 12.1 Å². The van der Waals surface area contributed by atoms with Gasteiger partial charge in [-0.3, -0.25) is 0 Å². The fourth-order valence-corrected chi connectivity index (χ4v) is 4.49. The zero-order chi connectivity index (χ0) is 20.0. The Morgan fingerprint density at radius 2 is 1.28 bits per heavy atom. The molecule has 1 aromatic rings. The normalized spacial score (nSPS) is 12.0. The van der Waals surface area contributed by atoms with Crippen LogP contribution in [0.25, 0.3) is 0 Å². The minimum atomic E-state index is -0.0809. The monoisotopic (exact) mass is 360 g/mol. The molecule has 0 aliphatic rings. The molecule has 0 unspecified atom stereocenters. The standard InChI is InChI=1S/C15H24O.2C4H9.Al/c1-10-8-9-11(14(2,3)4)13(16)12(10)15(5,6)7;2*1-4(2)3;/h8-9,16H,1-7H3;2*4H,1H2,2-3H3;/q;;;+1/p-1. The second-order valence-corrected chi connectivity index (χ2v) is 11.7. The first-order chi connectivity index (χ1) is 11.2. The average molecular weight is 361 g/mol. The molecule has 0 heterocycles. The Morgan fingerprint density at radius 3 is 1.60 bits per heavy atom. The third-order valence-corrected chi connectivity index (χ3v) is 6.75. The zero-order valence-electron chi connectivity index (χ0n) is 18.7. The molecule has 0 bridgehead atoms. The van der Waals surface area contributed by atoms with Crippen LogP contribution in [0.1, 0.15) is 85.9 Å². The second-order valence-electron chi connectivity index (χ2n) is 10.2. The van der Waals surface area contributed by atoms with Crippen LogP contribution in [0.4, 0.5) is 0 Å². The summed E-state index contributed by atoms with van der Waals surface area (Å²) >= 11 is 0.755. The molecule has 0 amide bonds. The SMILES string of the molecule is CC(C)[CH2][Al+][CH2]C(C)C.Cc1ccc(C(C)(C)C)c([O-])c1C(C)(C)C. The predicted octanol–water partition coefficient (Wildman–Crippen LogP) is 6.50. The summed E-state index contributed by atoms with van der Waals surface area (Å²) < 4.78 is 0. The van der Waals surface area contributed by atoms with Crippen molar-refractivity contribution in [1.29, 1.82) is 0 Å². The van der Waals surface area contributed by atoms with Crippen LogP contribution in [-0.2, 0) is 10.8 Å². The van der Waals surface area contributed by atoms with Crippen LogP contribution in [0.3, 0.4) is 0 Å². The predicted molar refractivity (Wildman–Crippen MR) is 113 cm³/mol. The molecule has 1 nitrogen and oxygen atoms in total. The molecule has 1 rings (SSSR count). The van der Waals surface area contributed by atoms with E-state index in [4.69, 9.17) is 0 Å². The van der Waals surface area contributed by atoms with Crippen molar-refractivity contribution in [3.8, 4) is 5.75 Å². The molecule has 0 aromatic heterocycles. The van der Waals surface area contributed by atoms with Gasteiger partial charge in [-0.2, -0.15) is 0 Å². The van der Waals surface area contributed by atoms with E-state index in [0.717, 1.165) is 43.7 Å². The molecule has 142 valence electrons. The van der Waals surface area contributed by atoms with Crippen molar-refractivity contribution >= 4 is 15.2 Å². The van der Waals surface area contributed by atoms with Crippen LogP contribution >= 0.6 is 0 Å². The van der Waals surface area contributed by atoms with Crippen molar-refractivity contribution in [3.63, 3.8) is 0 Å². The van der Waals surface area contributed by atoms with Crippen LogP contribution < -0.4 is 5.11 Å². The number of hydrogen-bond donors (Lipinski definition) is 0. The fraction of sp³-hybridized carbons (Fsp3) is 0.739. The Morgan fingerprint density at radius 1 is 0.840 bits per heavy atom. The summed E-state index contributed by atoms with van der Waals surface area (Å²) in [5.74, 6) is 2.08. The molecule has 0 spiro atoms. The molecule has 0 radical (unpaired) electrons. The van der Waals surface area contributed by atoms with Crippen molar-refractivity contribution < 1.29 is 5.11 Å². The third kappa shape index (κ3) is 9.16. The molecule has 0 fully saturated rings. The summed E-state index contributed by atoms with van der Waals surface area (Å²) in [6.07, 6.45) is 0. The van der Waals surface area contributed by atoms with Crippen molar-refractivity contribution in [1.82, 2.24) is 0 Å². The van der Waals surface area contributed by atoms with Gasteiger partial charge in [-0.1, -0.05) is 59.2 Å². The van der Waals surface area contributed by atoms with Gasteiger partial charge in [-0.05, 0) is 28.9 Å². The maximum atomic E-state index is 12.5. The van der Waals surface area contributed by atoms with Crippen molar-refractivity contribution in [2.24, 2.45) is 11.8 Å². The van der Waals surface area contributed by atoms with E-state index in [0.29, 0.717) is 0 Å². The molecule has 0 saturated carbocycles. The van der Waals surface area contributed by atoms with E-state index in [-0.39, 0.29) is 16.6 Å². The molecular weight excluding hydrogens is 319 g/mol. The van der Waals surface area contributed by atoms with E-state index in [1.54, 1.807) is 0 Å². The van der Waals surface area contributed by atoms with E-state index in [1.165, 1.54) is 10.6 Å². The summed E-state index contributed by atoms with van der Waals surface area (Å²) in [6, 6.07) is 4.05. The Balaban J connectivity index is 0.000000547. The minimum Gasteiger partial charge on any atom is -0.872 e. The Bertz CT molecular complexity index is 508. The van der Waals surface area contributed by atoms with Gasteiger partial charge in [0, 0.05) is 0 Å². The second kappa shape index (κ2) is 10.0. The van der Waals surface area contributed by atoms with Gasteiger partial charge in [0.2, 0.25) is 0 Å². The summed E-state index contributed by atoms with van der Waals surface area (Å²) in [6.45, 7) is 23.8. The zero-order valence-corrected chi connectivity index (χ0v) is 19.9. The molecule has 0 aliphatic heterocycles. The number of hydrogen-bond acceptors (Lipinski definition) is 1. The third-order valence-electron chi connectivity index (χ3n) is 4.20. The fourth-order valence-electron chi connectivity index (χ4n) is 2.97. The molecular formula is C23H41AlO. The van der Waals surface area contributed by atoms with Gasteiger partial charge < -0.3 is 5.11 Å². The molecule has 0 aliphatic carbocycles. The van der Waals surface area contributed by atoms with Crippen molar-refractivity contribution in [3.05, 3.63) is 28.8 Å². The maximum absolute atomic E-state index is 12.5. The first-order valence-electron chi connectivity index (χ1n) is 9.81. The van der Waals surface area contributed by atoms with Gasteiger partial charge in [0.1, 0.15) is 0 Å². The molecule has 0 atom stereocenters. The van der Waals surface area contributed by atoms with Gasteiger partial charge in [0.05, 0.1) is 0 Å². The quantitative estimate of drug-likeness (QED) is 0.562. The molecule has 2 heteroatoms. The minimum absolute atomic E-state index is 0.0786. The molecule has 1 aromatic carbocycles. The summed E-state index contributed by atoms with van der Waals surface area (Å²) in [5.41, 5.74) is 2.82. The van der Waals surface area contributed by atoms with Crippen molar-refractivity contribution in [2.75, 3.05) is 0 Å². The first-order valence-corrected chi connectivity index (χ1v) is 11.4. The van der Waals surface area contributed by atoms with Gasteiger partial charge in [-0.25, -0.2) is 0 Å². The van der Waals surface area contributed by atoms with Crippen LogP contribution in [0.5, 0.6) is 5.75 Å². The van der Waals surface area contributed by atoms with Crippen LogP contribution in [0, 0.1) is 18.8 Å². The van der Waals surface area contributed by atoms with Crippen molar-refractivity contribution in [2.45, 2.75) is 97.6 Å².